The molecule has 28 heavy (non-hydrogen) atoms. The van der Waals surface area contributed by atoms with Gasteiger partial charge in [-0.2, -0.15) is 5.26 Å². The molecular weight excluding hydrogens is 383 g/mol. The van der Waals surface area contributed by atoms with E-state index in [1.54, 1.807) is 38.1 Å². The highest BCUT2D eigenvalue weighted by Crippen LogP contribution is 2.22. The zero-order valence-electron chi connectivity index (χ0n) is 15.1. The molecule has 2 N–H and O–H groups in total. The number of benzene rings is 1. The van der Waals surface area contributed by atoms with E-state index in [0.29, 0.717) is 21.7 Å². The average Bonchev–Trinajstić information content (AvgIpc) is 2.65. The fourth-order valence-corrected chi connectivity index (χ4v) is 3.20. The van der Waals surface area contributed by atoms with E-state index in [0.717, 1.165) is 11.5 Å². The van der Waals surface area contributed by atoms with E-state index >= 15 is 0 Å². The van der Waals surface area contributed by atoms with Crippen molar-refractivity contribution in [3.8, 4) is 6.07 Å². The van der Waals surface area contributed by atoms with Gasteiger partial charge in [-0.25, -0.2) is 4.39 Å². The summed E-state index contributed by atoms with van der Waals surface area (Å²) in [4.78, 5) is 31.5. The number of amides is 1. The number of fused-ring (bicyclic) bond motifs is 1. The van der Waals surface area contributed by atoms with E-state index in [1.165, 1.54) is 6.20 Å². The molecule has 0 aliphatic heterocycles. The van der Waals surface area contributed by atoms with E-state index < -0.39 is 17.8 Å². The molecule has 6 nitrogen and oxygen atoms in total. The molecule has 0 saturated heterocycles. The number of nitrogens with one attached hydrogen (secondary N) is 2. The van der Waals surface area contributed by atoms with Gasteiger partial charge in [0.2, 0.25) is 5.91 Å². The van der Waals surface area contributed by atoms with Crippen molar-refractivity contribution in [1.29, 1.82) is 5.26 Å². The molecule has 2 heterocycles. The van der Waals surface area contributed by atoms with Gasteiger partial charge in [-0.15, -0.1) is 0 Å². The third-order valence-corrected chi connectivity index (χ3v) is 4.72. The molecule has 0 spiro atoms. The van der Waals surface area contributed by atoms with Gasteiger partial charge in [-0.05, 0) is 43.7 Å². The van der Waals surface area contributed by atoms with Crippen LogP contribution < -0.4 is 10.9 Å². The molecule has 1 amide bonds. The lowest BCUT2D eigenvalue weighted by Crippen LogP contribution is -2.31. The Morgan fingerprint density at radius 2 is 2.18 bits per heavy atom. The van der Waals surface area contributed by atoms with Crippen LogP contribution in [0.2, 0.25) is 5.02 Å². The molecule has 142 valence electrons. The zero-order valence-corrected chi connectivity index (χ0v) is 15.9. The van der Waals surface area contributed by atoms with E-state index in [2.05, 4.69) is 15.3 Å². The number of carbonyl (C=O) groups excluding carboxylic acids is 1. The van der Waals surface area contributed by atoms with Crippen molar-refractivity contribution in [1.82, 2.24) is 15.3 Å². The van der Waals surface area contributed by atoms with Crippen LogP contribution in [0, 0.1) is 24.1 Å². The summed E-state index contributed by atoms with van der Waals surface area (Å²) in [6, 6.07) is 7.24. The fraction of sp³-hybridized carbons (Fsp3) is 0.200. The summed E-state index contributed by atoms with van der Waals surface area (Å²) >= 11 is 6.03. The zero-order chi connectivity index (χ0) is 20.4. The maximum absolute atomic E-state index is 14.1. The van der Waals surface area contributed by atoms with Crippen molar-refractivity contribution < 1.29 is 9.18 Å². The standard InChI is InChI=1S/C20H16ClFN4O2/c1-10-14-6-13(21)3-4-17(14)26-20(28)15(10)7-18(27)25-11(2)19-16(22)5-12(8-23)9-24-19/h3-6,9,11H,7H2,1-2H3,(H,25,27)(H,26,28)/t11-/m0/s1. The highest BCUT2D eigenvalue weighted by atomic mass is 35.5. The SMILES string of the molecule is Cc1c(CC(=O)N[C@@H](C)c2ncc(C#N)cc2F)c(=O)[nH]c2ccc(Cl)cc12. The van der Waals surface area contributed by atoms with E-state index in [-0.39, 0.29) is 23.2 Å². The first-order chi connectivity index (χ1) is 13.3. The number of aryl methyl sites for hydroxylation is 1. The van der Waals surface area contributed by atoms with Crippen LogP contribution >= 0.6 is 11.6 Å². The third-order valence-electron chi connectivity index (χ3n) is 4.48. The second-order valence-electron chi connectivity index (χ2n) is 6.42. The molecule has 1 aromatic carbocycles. The Labute approximate surface area is 165 Å². The van der Waals surface area contributed by atoms with Crippen LogP contribution in [0.25, 0.3) is 10.9 Å². The number of nitrogens with zero attached hydrogens (tertiary/aromatic N) is 2. The highest BCUT2D eigenvalue weighted by Gasteiger charge is 2.18. The van der Waals surface area contributed by atoms with Crippen LogP contribution in [0.15, 0.2) is 35.3 Å². The first-order valence-electron chi connectivity index (χ1n) is 8.46. The highest BCUT2D eigenvalue weighted by molar-refractivity contribution is 6.31. The lowest BCUT2D eigenvalue weighted by Gasteiger charge is -2.15. The van der Waals surface area contributed by atoms with Crippen molar-refractivity contribution in [2.75, 3.05) is 0 Å². The molecule has 0 saturated carbocycles. The molecule has 0 aliphatic carbocycles. The third kappa shape index (κ3) is 3.87. The Balaban J connectivity index is 1.83. The average molecular weight is 399 g/mol. The van der Waals surface area contributed by atoms with Gasteiger partial charge in [0, 0.05) is 27.7 Å². The van der Waals surface area contributed by atoms with Crippen LogP contribution in [0.5, 0.6) is 0 Å². The molecular formula is C20H16ClFN4O2. The quantitative estimate of drug-likeness (QED) is 0.704. The summed E-state index contributed by atoms with van der Waals surface area (Å²) in [6.45, 7) is 3.33. The Morgan fingerprint density at radius 3 is 2.86 bits per heavy atom. The number of aromatic amines is 1. The second-order valence-corrected chi connectivity index (χ2v) is 6.85. The van der Waals surface area contributed by atoms with E-state index in [9.17, 15) is 14.0 Å². The van der Waals surface area contributed by atoms with Crippen LogP contribution in [-0.4, -0.2) is 15.9 Å². The van der Waals surface area contributed by atoms with Gasteiger partial charge >= 0.3 is 0 Å². The number of pyridine rings is 2. The molecule has 0 radical (unpaired) electrons. The number of hydrogen-bond donors (Lipinski definition) is 2. The van der Waals surface area contributed by atoms with Gasteiger partial charge < -0.3 is 10.3 Å². The number of H-pyrrole nitrogens is 1. The number of hydrogen-bond acceptors (Lipinski definition) is 4. The van der Waals surface area contributed by atoms with Gasteiger partial charge in [0.05, 0.1) is 23.7 Å². The lowest BCUT2D eigenvalue weighted by atomic mass is 10.0. The Hall–Kier alpha value is -3.24. The molecule has 3 rings (SSSR count). The summed E-state index contributed by atoms with van der Waals surface area (Å²) in [7, 11) is 0. The predicted octanol–water partition coefficient (Wildman–Crippen LogP) is 3.32. The molecule has 1 atom stereocenters. The Bertz CT molecular complexity index is 1180. The lowest BCUT2D eigenvalue weighted by molar-refractivity contribution is -0.121. The minimum atomic E-state index is -0.727. The van der Waals surface area contributed by atoms with Gasteiger partial charge in [-0.3, -0.25) is 14.6 Å². The summed E-state index contributed by atoms with van der Waals surface area (Å²) in [5.41, 5.74) is 1.35. The summed E-state index contributed by atoms with van der Waals surface area (Å²) < 4.78 is 14.1. The number of rotatable bonds is 4. The monoisotopic (exact) mass is 398 g/mol. The largest absolute Gasteiger partial charge is 0.348 e. The summed E-state index contributed by atoms with van der Waals surface area (Å²) in [5.74, 6) is -1.13. The molecule has 3 aromatic rings. The molecule has 2 aromatic heterocycles. The molecule has 0 unspecified atom stereocenters. The molecule has 0 bridgehead atoms. The minimum absolute atomic E-state index is 0.0169. The summed E-state index contributed by atoms with van der Waals surface area (Å²) in [6.07, 6.45) is 1.06. The smallest absolute Gasteiger partial charge is 0.252 e. The topological polar surface area (TPSA) is 98.6 Å². The van der Waals surface area contributed by atoms with Crippen molar-refractivity contribution in [3.63, 3.8) is 0 Å². The fourth-order valence-electron chi connectivity index (χ4n) is 3.03. The maximum atomic E-state index is 14.1. The number of halogens is 2. The molecule has 0 aliphatic rings. The van der Waals surface area contributed by atoms with Crippen LogP contribution in [-0.2, 0) is 11.2 Å². The number of carbonyl (C=O) groups is 1. The molecule has 0 fully saturated rings. The number of nitriles is 1. The van der Waals surface area contributed by atoms with E-state index in [4.69, 9.17) is 16.9 Å². The maximum Gasteiger partial charge on any atom is 0.252 e. The Morgan fingerprint density at radius 1 is 1.43 bits per heavy atom. The van der Waals surface area contributed by atoms with Gasteiger partial charge in [-0.1, -0.05) is 11.6 Å². The summed E-state index contributed by atoms with van der Waals surface area (Å²) in [5, 5.41) is 12.7. The van der Waals surface area contributed by atoms with Gasteiger partial charge in [0.15, 0.2) is 0 Å². The minimum Gasteiger partial charge on any atom is -0.348 e. The van der Waals surface area contributed by atoms with Crippen molar-refractivity contribution in [2.45, 2.75) is 26.3 Å². The van der Waals surface area contributed by atoms with Gasteiger partial charge in [0.25, 0.3) is 5.56 Å². The number of aromatic nitrogens is 2. The van der Waals surface area contributed by atoms with Crippen LogP contribution in [0.1, 0.15) is 35.3 Å². The van der Waals surface area contributed by atoms with Crippen molar-refractivity contribution in [3.05, 3.63) is 74.0 Å². The van der Waals surface area contributed by atoms with E-state index in [1.807, 2.05) is 0 Å². The van der Waals surface area contributed by atoms with Gasteiger partial charge in [0.1, 0.15) is 11.9 Å². The van der Waals surface area contributed by atoms with Crippen molar-refractivity contribution in [2.24, 2.45) is 0 Å². The van der Waals surface area contributed by atoms with Crippen LogP contribution in [0.4, 0.5) is 4.39 Å². The molecule has 8 heteroatoms. The first-order valence-corrected chi connectivity index (χ1v) is 8.84. The normalized spacial score (nSPS) is 11.8. The van der Waals surface area contributed by atoms with Crippen molar-refractivity contribution >= 4 is 28.4 Å². The predicted molar refractivity (Wildman–Crippen MR) is 103 cm³/mol. The second kappa shape index (κ2) is 7.79. The first kappa shape index (κ1) is 19.5. The van der Waals surface area contributed by atoms with Crippen LogP contribution in [0.3, 0.4) is 0 Å². The Kier molecular flexibility index (Phi) is 5.43.